The first-order valence-corrected chi connectivity index (χ1v) is 12.1. The summed E-state index contributed by atoms with van der Waals surface area (Å²) in [6.45, 7) is 11.8. The molecule has 7 heteroatoms. The number of fused-ring (bicyclic) bond motifs is 1. The molecule has 2 aliphatic rings. The normalized spacial score (nSPS) is 28.5. The molecule has 2 aromatic rings. The predicted octanol–water partition coefficient (Wildman–Crippen LogP) is 6.77. The summed E-state index contributed by atoms with van der Waals surface area (Å²) in [7, 11) is 0. The van der Waals surface area contributed by atoms with Crippen LogP contribution >= 0.6 is 23.2 Å². The second-order valence-electron chi connectivity index (χ2n) is 11.1. The second-order valence-corrected chi connectivity index (χ2v) is 11.9. The van der Waals surface area contributed by atoms with E-state index in [4.69, 9.17) is 27.9 Å². The number of carbonyl (C=O) groups is 1. The predicted molar refractivity (Wildman–Crippen MR) is 131 cm³/mol. The lowest BCUT2D eigenvalue weighted by atomic mass is 9.62. The van der Waals surface area contributed by atoms with E-state index in [-0.39, 0.29) is 16.0 Å². The quantitative estimate of drug-likeness (QED) is 0.434. The molecule has 0 aromatic heterocycles. The Morgan fingerprint density at radius 1 is 1.18 bits per heavy atom. The molecule has 2 fully saturated rings. The second kappa shape index (κ2) is 8.22. The molecular weight excluding hydrogens is 474 g/mol. The van der Waals surface area contributed by atoms with Crippen molar-refractivity contribution in [1.29, 1.82) is 5.26 Å². The summed E-state index contributed by atoms with van der Waals surface area (Å²) in [5.74, 6) is -1.91. The molecule has 0 amide bonds. The van der Waals surface area contributed by atoms with Gasteiger partial charge in [0.05, 0.1) is 11.1 Å². The summed E-state index contributed by atoms with van der Waals surface area (Å²) in [4.78, 5) is 15.4. The number of ether oxygens (including phenoxy) is 1. The van der Waals surface area contributed by atoms with Gasteiger partial charge in [0.2, 0.25) is 0 Å². The van der Waals surface area contributed by atoms with Crippen LogP contribution in [-0.4, -0.2) is 28.7 Å². The molecule has 0 N–H and O–H groups in total. The van der Waals surface area contributed by atoms with Gasteiger partial charge in [0, 0.05) is 17.0 Å². The van der Waals surface area contributed by atoms with E-state index in [0.29, 0.717) is 17.0 Å². The molecule has 0 saturated carbocycles. The highest BCUT2D eigenvalue weighted by atomic mass is 35.5. The van der Waals surface area contributed by atoms with E-state index < -0.39 is 40.9 Å². The van der Waals surface area contributed by atoms with Crippen molar-refractivity contribution in [3.05, 3.63) is 69.0 Å². The smallest absolute Gasteiger partial charge is 0.325 e. The Balaban J connectivity index is 2.11. The highest BCUT2D eigenvalue weighted by molar-refractivity contribution is 6.31. The van der Waals surface area contributed by atoms with Crippen LogP contribution in [-0.2, 0) is 14.9 Å². The van der Waals surface area contributed by atoms with Crippen LogP contribution in [0.1, 0.15) is 63.6 Å². The van der Waals surface area contributed by atoms with Gasteiger partial charge >= 0.3 is 5.97 Å². The SMILES string of the molecule is Cc1cc([C@@]2(C#N)[C@H](CC(C)(C)C)N3[C@@H](C(=O)OC3(C)C)[C@@H]2c2cccc(Cl)c2F)ccc1Cl. The van der Waals surface area contributed by atoms with Gasteiger partial charge in [-0.1, -0.05) is 68.2 Å². The Labute approximate surface area is 210 Å². The molecule has 2 heterocycles. The van der Waals surface area contributed by atoms with E-state index in [0.717, 1.165) is 5.56 Å². The Hall–Kier alpha value is -2.13. The summed E-state index contributed by atoms with van der Waals surface area (Å²) in [6.07, 6.45) is 0.581. The van der Waals surface area contributed by atoms with Crippen molar-refractivity contribution < 1.29 is 13.9 Å². The maximum absolute atomic E-state index is 15.6. The van der Waals surface area contributed by atoms with Gasteiger partial charge in [0.1, 0.15) is 17.3 Å². The van der Waals surface area contributed by atoms with E-state index in [2.05, 4.69) is 26.8 Å². The number of carbonyl (C=O) groups excluding carboxylic acids is 1. The number of halogens is 3. The van der Waals surface area contributed by atoms with Crippen LogP contribution in [0.25, 0.3) is 0 Å². The molecule has 0 radical (unpaired) electrons. The molecule has 4 atom stereocenters. The number of nitriles is 1. The molecule has 2 aliphatic heterocycles. The van der Waals surface area contributed by atoms with Crippen LogP contribution < -0.4 is 0 Å². The van der Waals surface area contributed by atoms with Gasteiger partial charge in [-0.2, -0.15) is 5.26 Å². The lowest BCUT2D eigenvalue weighted by Crippen LogP contribution is -2.52. The molecule has 0 unspecified atom stereocenters. The topological polar surface area (TPSA) is 53.3 Å². The van der Waals surface area contributed by atoms with Crippen molar-refractivity contribution in [3.8, 4) is 6.07 Å². The Morgan fingerprint density at radius 3 is 2.44 bits per heavy atom. The van der Waals surface area contributed by atoms with Gasteiger partial charge < -0.3 is 4.74 Å². The van der Waals surface area contributed by atoms with Crippen molar-refractivity contribution >= 4 is 29.2 Å². The zero-order valence-corrected chi connectivity index (χ0v) is 21.8. The standard InChI is InChI=1S/C27H29Cl2FN2O2/c1-15-12-16(10-11-18(15)28)27(14-31)20(13-25(2,3)4)32-23(24(33)34-26(32,5)6)21(27)17-8-7-9-19(29)22(17)30/h7-12,20-21,23H,13H2,1-6H3/t20-,21-,23+,27-/m0/s1. The fraction of sp³-hybridized carbons (Fsp3) is 0.481. The summed E-state index contributed by atoms with van der Waals surface area (Å²) in [6, 6.07) is 11.5. The maximum atomic E-state index is 15.6. The number of rotatable bonds is 3. The number of benzene rings is 2. The van der Waals surface area contributed by atoms with Crippen LogP contribution in [0.5, 0.6) is 0 Å². The highest BCUT2D eigenvalue weighted by Crippen LogP contribution is 2.60. The van der Waals surface area contributed by atoms with Gasteiger partial charge in [-0.3, -0.25) is 4.79 Å². The monoisotopic (exact) mass is 502 g/mol. The Kier molecular flexibility index (Phi) is 6.04. The number of nitrogens with zero attached hydrogens (tertiary/aromatic N) is 2. The molecule has 0 spiro atoms. The van der Waals surface area contributed by atoms with E-state index >= 15 is 4.39 Å². The van der Waals surface area contributed by atoms with Crippen molar-refractivity contribution in [1.82, 2.24) is 4.90 Å². The molecule has 0 bridgehead atoms. The summed E-state index contributed by atoms with van der Waals surface area (Å²) in [5.41, 5.74) is -0.665. The third kappa shape index (κ3) is 3.71. The van der Waals surface area contributed by atoms with Crippen molar-refractivity contribution in [2.75, 3.05) is 0 Å². The van der Waals surface area contributed by atoms with Crippen LogP contribution in [0.3, 0.4) is 0 Å². The lowest BCUT2D eigenvalue weighted by Gasteiger charge is -2.42. The number of hydrogen-bond acceptors (Lipinski definition) is 4. The third-order valence-corrected chi connectivity index (χ3v) is 7.84. The average molecular weight is 503 g/mol. The van der Waals surface area contributed by atoms with E-state index in [9.17, 15) is 10.1 Å². The van der Waals surface area contributed by atoms with Gasteiger partial charge in [0.25, 0.3) is 0 Å². The number of hydrogen-bond donors (Lipinski definition) is 0. The molecule has 34 heavy (non-hydrogen) atoms. The minimum Gasteiger partial charge on any atom is -0.443 e. The zero-order chi connectivity index (χ0) is 25.2. The van der Waals surface area contributed by atoms with Gasteiger partial charge in [-0.25, -0.2) is 9.29 Å². The Bertz CT molecular complexity index is 1200. The lowest BCUT2D eigenvalue weighted by molar-refractivity contribution is -0.152. The molecule has 4 rings (SSSR count). The zero-order valence-electron chi connectivity index (χ0n) is 20.2. The summed E-state index contributed by atoms with van der Waals surface area (Å²) >= 11 is 12.5. The van der Waals surface area contributed by atoms with Crippen molar-refractivity contribution in [2.45, 2.75) is 77.1 Å². The Morgan fingerprint density at radius 2 is 1.85 bits per heavy atom. The first-order valence-electron chi connectivity index (χ1n) is 11.4. The molecule has 2 saturated heterocycles. The molecule has 0 aliphatic carbocycles. The van der Waals surface area contributed by atoms with Crippen molar-refractivity contribution in [3.63, 3.8) is 0 Å². The molecular formula is C27H29Cl2FN2O2. The molecule has 180 valence electrons. The van der Waals surface area contributed by atoms with Gasteiger partial charge in [-0.05, 0) is 61.4 Å². The summed E-state index contributed by atoms with van der Waals surface area (Å²) < 4.78 is 21.4. The van der Waals surface area contributed by atoms with Crippen LogP contribution in [0.4, 0.5) is 4.39 Å². The van der Waals surface area contributed by atoms with Crippen LogP contribution in [0, 0.1) is 29.5 Å². The average Bonchev–Trinajstić information content (AvgIpc) is 3.14. The minimum atomic E-state index is -1.25. The first kappa shape index (κ1) is 25.0. The van der Waals surface area contributed by atoms with Crippen LogP contribution in [0.2, 0.25) is 10.0 Å². The van der Waals surface area contributed by atoms with E-state index in [1.165, 1.54) is 6.07 Å². The minimum absolute atomic E-state index is 0.0481. The van der Waals surface area contributed by atoms with Crippen LogP contribution in [0.15, 0.2) is 36.4 Å². The highest BCUT2D eigenvalue weighted by Gasteiger charge is 2.70. The number of cyclic esters (lactones) is 1. The maximum Gasteiger partial charge on any atom is 0.325 e. The van der Waals surface area contributed by atoms with Gasteiger partial charge in [-0.15, -0.1) is 0 Å². The van der Waals surface area contributed by atoms with Gasteiger partial charge in [0.15, 0.2) is 5.72 Å². The van der Waals surface area contributed by atoms with E-state index in [1.54, 1.807) is 18.2 Å². The number of esters is 1. The fourth-order valence-corrected chi connectivity index (χ4v) is 6.15. The molecule has 4 nitrogen and oxygen atoms in total. The fourth-order valence-electron chi connectivity index (χ4n) is 5.85. The summed E-state index contributed by atoms with van der Waals surface area (Å²) in [5, 5.41) is 11.5. The van der Waals surface area contributed by atoms with Crippen molar-refractivity contribution in [2.24, 2.45) is 5.41 Å². The molecule has 2 aromatic carbocycles. The van der Waals surface area contributed by atoms with E-state index in [1.807, 2.05) is 37.8 Å². The third-order valence-electron chi connectivity index (χ3n) is 7.12. The number of aryl methyl sites for hydroxylation is 1. The largest absolute Gasteiger partial charge is 0.443 e. The first-order chi connectivity index (χ1) is 15.7.